The molecular weight excluding hydrogens is 250 g/mol. The number of hydrogen-bond donors (Lipinski definition) is 0. The second kappa shape index (κ2) is 4.33. The largest absolute Gasteiger partial charge is 0.301 e. The van der Waals surface area contributed by atoms with Crippen LogP contribution in [0.5, 0.6) is 0 Å². The first-order chi connectivity index (χ1) is 7.53. The van der Waals surface area contributed by atoms with Crippen LogP contribution in [0.4, 0.5) is 0 Å². The minimum Gasteiger partial charge on any atom is -0.301 e. The van der Waals surface area contributed by atoms with Crippen LogP contribution >= 0.6 is 11.6 Å². The second-order valence-corrected chi connectivity index (χ2v) is 6.80. The van der Waals surface area contributed by atoms with Gasteiger partial charge in [0.15, 0.2) is 9.84 Å². The SMILES string of the molecule is CCS(=O)(=O)CCn1c(Cl)nnc1C1CC1. The minimum absolute atomic E-state index is 0.0982. The summed E-state index contributed by atoms with van der Waals surface area (Å²) in [6, 6.07) is 0. The third-order valence-corrected chi connectivity index (χ3v) is 4.71. The van der Waals surface area contributed by atoms with E-state index >= 15 is 0 Å². The molecule has 7 heteroatoms. The molecule has 0 N–H and O–H groups in total. The molecule has 0 bridgehead atoms. The summed E-state index contributed by atoms with van der Waals surface area (Å²) in [5.74, 6) is 1.51. The molecular formula is C9H14ClN3O2S. The molecule has 16 heavy (non-hydrogen) atoms. The summed E-state index contributed by atoms with van der Waals surface area (Å²) >= 11 is 5.88. The Balaban J connectivity index is 2.11. The molecule has 1 aliphatic carbocycles. The summed E-state index contributed by atoms with van der Waals surface area (Å²) in [6.07, 6.45) is 2.19. The highest BCUT2D eigenvalue weighted by Gasteiger charge is 2.30. The summed E-state index contributed by atoms with van der Waals surface area (Å²) in [4.78, 5) is 0. The van der Waals surface area contributed by atoms with Crippen molar-refractivity contribution in [2.75, 3.05) is 11.5 Å². The molecule has 0 unspecified atom stereocenters. The molecule has 2 rings (SSSR count). The molecule has 90 valence electrons. The van der Waals surface area contributed by atoms with Gasteiger partial charge in [-0.05, 0) is 24.4 Å². The number of rotatable bonds is 5. The van der Waals surface area contributed by atoms with Crippen molar-refractivity contribution in [3.05, 3.63) is 11.1 Å². The molecule has 0 aliphatic heterocycles. The predicted molar refractivity (Wildman–Crippen MR) is 61.3 cm³/mol. The number of aromatic nitrogens is 3. The molecule has 0 atom stereocenters. The molecule has 1 fully saturated rings. The van der Waals surface area contributed by atoms with Crippen LogP contribution in [0.2, 0.25) is 5.28 Å². The normalized spacial score (nSPS) is 16.6. The Hall–Kier alpha value is -0.620. The fourth-order valence-corrected chi connectivity index (χ4v) is 2.48. The number of sulfone groups is 1. The Morgan fingerprint density at radius 1 is 1.44 bits per heavy atom. The van der Waals surface area contributed by atoms with Crippen LogP contribution in [0.1, 0.15) is 31.5 Å². The fourth-order valence-electron chi connectivity index (χ4n) is 1.52. The first kappa shape index (κ1) is 11.9. The van der Waals surface area contributed by atoms with Crippen molar-refractivity contribution in [1.29, 1.82) is 0 Å². The van der Waals surface area contributed by atoms with Gasteiger partial charge in [-0.2, -0.15) is 0 Å². The van der Waals surface area contributed by atoms with E-state index in [0.29, 0.717) is 12.5 Å². The number of halogens is 1. The number of hydrogen-bond acceptors (Lipinski definition) is 4. The molecule has 0 radical (unpaired) electrons. The van der Waals surface area contributed by atoms with Crippen molar-refractivity contribution in [1.82, 2.24) is 14.8 Å². The highest BCUT2D eigenvalue weighted by molar-refractivity contribution is 7.91. The third kappa shape index (κ3) is 2.55. The lowest BCUT2D eigenvalue weighted by Gasteiger charge is -2.06. The van der Waals surface area contributed by atoms with Gasteiger partial charge in [-0.3, -0.25) is 0 Å². The van der Waals surface area contributed by atoms with Gasteiger partial charge in [-0.1, -0.05) is 6.92 Å². The van der Waals surface area contributed by atoms with E-state index in [2.05, 4.69) is 10.2 Å². The average molecular weight is 264 g/mol. The molecule has 0 amide bonds. The zero-order chi connectivity index (χ0) is 11.8. The summed E-state index contributed by atoms with van der Waals surface area (Å²) in [7, 11) is -2.97. The van der Waals surface area contributed by atoms with E-state index in [-0.39, 0.29) is 16.8 Å². The third-order valence-electron chi connectivity index (χ3n) is 2.74. The molecule has 1 aromatic heterocycles. The Morgan fingerprint density at radius 3 is 2.69 bits per heavy atom. The lowest BCUT2D eigenvalue weighted by atomic mass is 10.4. The van der Waals surface area contributed by atoms with Gasteiger partial charge >= 0.3 is 0 Å². The zero-order valence-corrected chi connectivity index (χ0v) is 10.6. The molecule has 5 nitrogen and oxygen atoms in total. The quantitative estimate of drug-likeness (QED) is 0.802. The molecule has 1 heterocycles. The summed E-state index contributed by atoms with van der Waals surface area (Å²) in [5.41, 5.74) is 0. The van der Waals surface area contributed by atoms with Crippen LogP contribution in [0, 0.1) is 0 Å². The first-order valence-corrected chi connectivity index (χ1v) is 7.52. The Bertz CT molecular complexity index is 479. The first-order valence-electron chi connectivity index (χ1n) is 5.32. The Kier molecular flexibility index (Phi) is 3.21. The van der Waals surface area contributed by atoms with Crippen molar-refractivity contribution in [3.8, 4) is 0 Å². The molecule has 1 saturated carbocycles. The average Bonchev–Trinajstić information content (AvgIpc) is 3.01. The molecule has 0 aromatic carbocycles. The highest BCUT2D eigenvalue weighted by Crippen LogP contribution is 2.39. The lowest BCUT2D eigenvalue weighted by molar-refractivity contribution is 0.587. The fraction of sp³-hybridized carbons (Fsp3) is 0.778. The van der Waals surface area contributed by atoms with Crippen LogP contribution in [-0.2, 0) is 16.4 Å². The van der Waals surface area contributed by atoms with Crippen LogP contribution in [0.15, 0.2) is 0 Å². The maximum atomic E-state index is 11.4. The Labute approximate surface area is 99.7 Å². The van der Waals surface area contributed by atoms with Gasteiger partial charge in [0.05, 0.1) is 5.75 Å². The van der Waals surface area contributed by atoms with Gasteiger partial charge in [-0.15, -0.1) is 10.2 Å². The van der Waals surface area contributed by atoms with Gasteiger partial charge in [0.2, 0.25) is 5.28 Å². The van der Waals surface area contributed by atoms with Crippen molar-refractivity contribution >= 4 is 21.4 Å². The Morgan fingerprint density at radius 2 is 2.12 bits per heavy atom. The topological polar surface area (TPSA) is 64.8 Å². The van der Waals surface area contributed by atoms with Gasteiger partial charge in [-0.25, -0.2) is 8.42 Å². The maximum Gasteiger partial charge on any atom is 0.225 e. The molecule has 0 spiro atoms. The van der Waals surface area contributed by atoms with Gasteiger partial charge in [0.25, 0.3) is 0 Å². The van der Waals surface area contributed by atoms with E-state index < -0.39 is 9.84 Å². The van der Waals surface area contributed by atoms with E-state index in [1.165, 1.54) is 0 Å². The van der Waals surface area contributed by atoms with Gasteiger partial charge in [0, 0.05) is 18.2 Å². The van der Waals surface area contributed by atoms with Crippen LogP contribution in [0.3, 0.4) is 0 Å². The number of nitrogens with zero attached hydrogens (tertiary/aromatic N) is 3. The smallest absolute Gasteiger partial charge is 0.225 e. The van der Waals surface area contributed by atoms with Crippen molar-refractivity contribution < 1.29 is 8.42 Å². The highest BCUT2D eigenvalue weighted by atomic mass is 35.5. The molecule has 1 aliphatic rings. The van der Waals surface area contributed by atoms with Gasteiger partial charge in [0.1, 0.15) is 5.82 Å². The summed E-state index contributed by atoms with van der Waals surface area (Å²) in [6.45, 7) is 2.00. The van der Waals surface area contributed by atoms with Crippen molar-refractivity contribution in [3.63, 3.8) is 0 Å². The summed E-state index contributed by atoms with van der Waals surface area (Å²) < 4.78 is 24.5. The van der Waals surface area contributed by atoms with Crippen molar-refractivity contribution in [2.45, 2.75) is 32.2 Å². The second-order valence-electron chi connectivity index (χ2n) is 3.99. The van der Waals surface area contributed by atoms with Crippen LogP contribution in [-0.4, -0.2) is 34.7 Å². The standard InChI is InChI=1S/C9H14ClN3O2S/c1-2-16(14,15)6-5-13-8(7-3-4-7)11-12-9(13)10/h7H,2-6H2,1H3. The van der Waals surface area contributed by atoms with E-state index in [1.807, 2.05) is 0 Å². The zero-order valence-electron chi connectivity index (χ0n) is 9.06. The summed E-state index contributed by atoms with van der Waals surface area (Å²) in [5, 5.41) is 8.06. The monoisotopic (exact) mass is 263 g/mol. The van der Waals surface area contributed by atoms with Crippen LogP contribution < -0.4 is 0 Å². The maximum absolute atomic E-state index is 11.4. The van der Waals surface area contributed by atoms with Crippen LogP contribution in [0.25, 0.3) is 0 Å². The minimum atomic E-state index is -2.97. The van der Waals surface area contributed by atoms with E-state index in [9.17, 15) is 8.42 Å². The molecule has 0 saturated heterocycles. The van der Waals surface area contributed by atoms with Gasteiger partial charge < -0.3 is 4.57 Å². The van der Waals surface area contributed by atoms with E-state index in [1.54, 1.807) is 11.5 Å². The molecule has 1 aromatic rings. The van der Waals surface area contributed by atoms with E-state index in [0.717, 1.165) is 18.7 Å². The predicted octanol–water partition coefficient (Wildman–Crippen LogP) is 1.24. The van der Waals surface area contributed by atoms with Crippen molar-refractivity contribution in [2.24, 2.45) is 0 Å². The van der Waals surface area contributed by atoms with E-state index in [4.69, 9.17) is 11.6 Å². The lowest BCUT2D eigenvalue weighted by Crippen LogP contribution is -2.16.